The molecule has 5 nitrogen and oxygen atoms in total. The molecule has 2 fully saturated rings. The van der Waals surface area contributed by atoms with E-state index in [2.05, 4.69) is 33.9 Å². The van der Waals surface area contributed by atoms with E-state index in [1.54, 1.807) is 12.4 Å². The van der Waals surface area contributed by atoms with E-state index in [9.17, 15) is 4.79 Å². The molecule has 3 heterocycles. The number of nitrogens with zero attached hydrogens (tertiary/aromatic N) is 3. The molecule has 0 aliphatic carbocycles. The Morgan fingerprint density at radius 1 is 1.19 bits per heavy atom. The second-order valence-corrected chi connectivity index (χ2v) is 8.09. The van der Waals surface area contributed by atoms with Crippen LogP contribution in [0.3, 0.4) is 0 Å². The molecule has 26 heavy (non-hydrogen) atoms. The second-order valence-electron chi connectivity index (χ2n) is 8.09. The molecular weight excluding hydrogens is 324 g/mol. The third kappa shape index (κ3) is 5.27. The third-order valence-corrected chi connectivity index (χ3v) is 6.03. The summed E-state index contributed by atoms with van der Waals surface area (Å²) in [5, 5.41) is 3.15. The van der Waals surface area contributed by atoms with Gasteiger partial charge in [-0.1, -0.05) is 0 Å². The maximum absolute atomic E-state index is 12.6. The SMILES string of the molecule is CC(C)N1CCC(N2CCC[C@H](C(=O)NCCc3ccncc3)C2)CC1. The van der Waals surface area contributed by atoms with Gasteiger partial charge >= 0.3 is 0 Å². The number of carbonyl (C=O) groups is 1. The van der Waals surface area contributed by atoms with Crippen molar-refractivity contribution in [2.45, 2.75) is 58.0 Å². The molecule has 1 aromatic rings. The van der Waals surface area contributed by atoms with E-state index in [-0.39, 0.29) is 11.8 Å². The quantitative estimate of drug-likeness (QED) is 0.848. The van der Waals surface area contributed by atoms with Crippen molar-refractivity contribution in [1.82, 2.24) is 20.1 Å². The van der Waals surface area contributed by atoms with Crippen LogP contribution >= 0.6 is 0 Å². The van der Waals surface area contributed by atoms with Crippen LogP contribution < -0.4 is 5.32 Å². The Kier molecular flexibility index (Phi) is 7.03. The summed E-state index contributed by atoms with van der Waals surface area (Å²) in [6.07, 6.45) is 9.15. The van der Waals surface area contributed by atoms with Gasteiger partial charge in [0.2, 0.25) is 5.91 Å². The standard InChI is InChI=1S/C21H34N4O/c1-17(2)24-14-8-20(9-15-24)25-13-3-4-19(16-25)21(26)23-12-7-18-5-10-22-11-6-18/h5-6,10-11,17,19-20H,3-4,7-9,12-16H2,1-2H3,(H,23,26)/t19-/m0/s1. The van der Waals surface area contributed by atoms with Crippen LogP contribution in [0.5, 0.6) is 0 Å². The molecule has 144 valence electrons. The molecule has 0 bridgehead atoms. The van der Waals surface area contributed by atoms with Gasteiger partial charge < -0.3 is 10.2 Å². The number of hydrogen-bond donors (Lipinski definition) is 1. The monoisotopic (exact) mass is 358 g/mol. The van der Waals surface area contributed by atoms with Crippen molar-refractivity contribution in [2.24, 2.45) is 5.92 Å². The minimum Gasteiger partial charge on any atom is -0.355 e. The molecule has 0 aromatic carbocycles. The van der Waals surface area contributed by atoms with Crippen molar-refractivity contribution in [2.75, 3.05) is 32.7 Å². The first-order chi connectivity index (χ1) is 12.6. The fourth-order valence-electron chi connectivity index (χ4n) is 4.34. The van der Waals surface area contributed by atoms with Crippen molar-refractivity contribution >= 4 is 5.91 Å². The summed E-state index contributed by atoms with van der Waals surface area (Å²) in [6.45, 7) is 9.77. The van der Waals surface area contributed by atoms with Crippen LogP contribution in [0.15, 0.2) is 24.5 Å². The summed E-state index contributed by atoms with van der Waals surface area (Å²) in [7, 11) is 0. The summed E-state index contributed by atoms with van der Waals surface area (Å²) in [4.78, 5) is 21.8. The molecule has 1 aromatic heterocycles. The molecule has 1 N–H and O–H groups in total. The van der Waals surface area contributed by atoms with E-state index >= 15 is 0 Å². The molecule has 2 aliphatic heterocycles. The summed E-state index contributed by atoms with van der Waals surface area (Å²) >= 11 is 0. The maximum atomic E-state index is 12.6. The van der Waals surface area contributed by atoms with Crippen molar-refractivity contribution in [3.8, 4) is 0 Å². The van der Waals surface area contributed by atoms with Gasteiger partial charge in [0.25, 0.3) is 0 Å². The summed E-state index contributed by atoms with van der Waals surface area (Å²) in [5.74, 6) is 0.396. The number of carbonyl (C=O) groups excluding carboxylic acids is 1. The van der Waals surface area contributed by atoms with Crippen molar-refractivity contribution in [1.29, 1.82) is 0 Å². The molecule has 0 radical (unpaired) electrons. The fourth-order valence-corrected chi connectivity index (χ4v) is 4.34. The topological polar surface area (TPSA) is 48.5 Å². The molecule has 2 saturated heterocycles. The smallest absolute Gasteiger partial charge is 0.224 e. The van der Waals surface area contributed by atoms with Gasteiger partial charge in [-0.25, -0.2) is 0 Å². The first-order valence-electron chi connectivity index (χ1n) is 10.3. The highest BCUT2D eigenvalue weighted by atomic mass is 16.1. The van der Waals surface area contributed by atoms with Crippen LogP contribution in [0.4, 0.5) is 0 Å². The zero-order chi connectivity index (χ0) is 18.4. The highest BCUT2D eigenvalue weighted by Crippen LogP contribution is 2.24. The van der Waals surface area contributed by atoms with Gasteiger partial charge in [-0.2, -0.15) is 0 Å². The Balaban J connectivity index is 1.42. The van der Waals surface area contributed by atoms with Crippen molar-refractivity contribution in [3.05, 3.63) is 30.1 Å². The summed E-state index contributed by atoms with van der Waals surface area (Å²) < 4.78 is 0. The Morgan fingerprint density at radius 2 is 1.92 bits per heavy atom. The summed E-state index contributed by atoms with van der Waals surface area (Å²) in [5.41, 5.74) is 1.22. The number of nitrogens with one attached hydrogen (secondary N) is 1. The van der Waals surface area contributed by atoms with E-state index in [0.717, 1.165) is 32.4 Å². The van der Waals surface area contributed by atoms with Crippen LogP contribution in [0, 0.1) is 5.92 Å². The number of amides is 1. The molecule has 2 aliphatic rings. The Bertz CT molecular complexity index is 554. The molecule has 1 amide bonds. The largest absolute Gasteiger partial charge is 0.355 e. The number of pyridine rings is 1. The second kappa shape index (κ2) is 9.47. The van der Waals surface area contributed by atoms with E-state index in [0.29, 0.717) is 18.6 Å². The average molecular weight is 359 g/mol. The minimum absolute atomic E-state index is 0.157. The van der Waals surface area contributed by atoms with Gasteiger partial charge in [0.1, 0.15) is 0 Å². The number of likely N-dealkylation sites (tertiary alicyclic amines) is 2. The first-order valence-corrected chi connectivity index (χ1v) is 10.3. The zero-order valence-electron chi connectivity index (χ0n) is 16.4. The number of hydrogen-bond acceptors (Lipinski definition) is 4. The maximum Gasteiger partial charge on any atom is 0.224 e. The number of rotatable bonds is 6. The van der Waals surface area contributed by atoms with Crippen LogP contribution in [0.2, 0.25) is 0 Å². The van der Waals surface area contributed by atoms with Gasteiger partial charge in [-0.15, -0.1) is 0 Å². The first kappa shape index (κ1) is 19.3. The molecule has 0 saturated carbocycles. The van der Waals surface area contributed by atoms with E-state index in [4.69, 9.17) is 0 Å². The number of aromatic nitrogens is 1. The molecule has 1 atom stereocenters. The molecule has 0 spiro atoms. The molecule has 0 unspecified atom stereocenters. The average Bonchev–Trinajstić information content (AvgIpc) is 2.69. The van der Waals surface area contributed by atoms with Crippen LogP contribution in [-0.4, -0.2) is 65.5 Å². The normalized spacial score (nSPS) is 23.3. The van der Waals surface area contributed by atoms with Gasteiger partial charge in [0.05, 0.1) is 5.92 Å². The van der Waals surface area contributed by atoms with E-state index < -0.39 is 0 Å². The Morgan fingerprint density at radius 3 is 2.62 bits per heavy atom. The number of piperidine rings is 2. The Hall–Kier alpha value is -1.46. The lowest BCUT2D eigenvalue weighted by Crippen LogP contribution is -2.51. The van der Waals surface area contributed by atoms with Gasteiger partial charge in [-0.3, -0.25) is 14.7 Å². The van der Waals surface area contributed by atoms with Gasteiger partial charge in [-0.05, 0) is 83.3 Å². The zero-order valence-corrected chi connectivity index (χ0v) is 16.4. The van der Waals surface area contributed by atoms with Gasteiger partial charge in [0, 0.05) is 37.6 Å². The highest BCUT2D eigenvalue weighted by molar-refractivity contribution is 5.79. The highest BCUT2D eigenvalue weighted by Gasteiger charge is 2.31. The predicted octanol–water partition coefficient (Wildman–Crippen LogP) is 2.33. The van der Waals surface area contributed by atoms with Crippen LogP contribution in [0.1, 0.15) is 45.1 Å². The fraction of sp³-hybridized carbons (Fsp3) is 0.714. The third-order valence-electron chi connectivity index (χ3n) is 6.03. The van der Waals surface area contributed by atoms with Crippen molar-refractivity contribution < 1.29 is 4.79 Å². The summed E-state index contributed by atoms with van der Waals surface area (Å²) in [6, 6.07) is 5.34. The lowest BCUT2D eigenvalue weighted by atomic mass is 9.93. The van der Waals surface area contributed by atoms with Crippen LogP contribution in [0.25, 0.3) is 0 Å². The van der Waals surface area contributed by atoms with Gasteiger partial charge in [0.15, 0.2) is 0 Å². The molecule has 5 heteroatoms. The predicted molar refractivity (Wildman–Crippen MR) is 105 cm³/mol. The molecular formula is C21H34N4O. The van der Waals surface area contributed by atoms with Crippen LogP contribution in [-0.2, 0) is 11.2 Å². The minimum atomic E-state index is 0.157. The van der Waals surface area contributed by atoms with E-state index in [1.165, 1.54) is 31.5 Å². The molecule has 3 rings (SSSR count). The lowest BCUT2D eigenvalue weighted by Gasteiger charge is -2.43. The van der Waals surface area contributed by atoms with E-state index in [1.807, 2.05) is 12.1 Å². The Labute approximate surface area is 158 Å². The lowest BCUT2D eigenvalue weighted by molar-refractivity contribution is -0.127. The van der Waals surface area contributed by atoms with Crippen molar-refractivity contribution in [3.63, 3.8) is 0 Å².